The number of nitro groups is 1. The van der Waals surface area contributed by atoms with Crippen LogP contribution in [0.2, 0.25) is 0 Å². The van der Waals surface area contributed by atoms with Gasteiger partial charge in [-0.2, -0.15) is 8.42 Å². The van der Waals surface area contributed by atoms with Crippen molar-refractivity contribution in [2.75, 3.05) is 5.32 Å². The Morgan fingerprint density at radius 1 is 1.20 bits per heavy atom. The van der Waals surface area contributed by atoms with Crippen molar-refractivity contribution in [3.63, 3.8) is 0 Å². The number of sulfonamides is 1. The second-order valence-corrected chi connectivity index (χ2v) is 6.26. The van der Waals surface area contributed by atoms with Gasteiger partial charge in [0.05, 0.1) is 16.9 Å². The standard InChI is InChI=1S/C10H7N5O4S.C3H4N2/c16-15(17)7-1-2-8-9(5-7)20(18,19)13-10(12-8)14-4-3-11-6-14;1-2-5-3-4-1/h1-6H,(H,12,13);1-3H,(H,4,5). The van der Waals surface area contributed by atoms with E-state index in [1.54, 1.807) is 18.7 Å². The van der Waals surface area contributed by atoms with E-state index in [-0.39, 0.29) is 22.2 Å². The number of anilines is 1. The minimum absolute atomic E-state index is 0.0591. The molecule has 128 valence electrons. The number of nitrogens with zero attached hydrogens (tertiary/aromatic N) is 5. The molecule has 0 spiro atoms. The van der Waals surface area contributed by atoms with Gasteiger partial charge in [0.2, 0.25) is 5.96 Å². The predicted molar refractivity (Wildman–Crippen MR) is 87.6 cm³/mol. The first-order valence-electron chi connectivity index (χ1n) is 6.79. The molecule has 0 bridgehead atoms. The number of aromatic amines is 1. The number of fused-ring (bicyclic) bond motifs is 1. The van der Waals surface area contributed by atoms with Gasteiger partial charge in [-0.1, -0.05) is 0 Å². The smallest absolute Gasteiger partial charge is 0.287 e. The molecule has 2 aromatic heterocycles. The highest BCUT2D eigenvalue weighted by Crippen LogP contribution is 2.30. The zero-order valence-corrected chi connectivity index (χ0v) is 13.3. The van der Waals surface area contributed by atoms with Gasteiger partial charge in [-0.3, -0.25) is 14.7 Å². The Balaban J connectivity index is 0.000000314. The number of rotatable bonds is 1. The lowest BCUT2D eigenvalue weighted by atomic mass is 10.3. The highest BCUT2D eigenvalue weighted by molar-refractivity contribution is 7.90. The first-order valence-corrected chi connectivity index (χ1v) is 8.23. The largest absolute Gasteiger partial charge is 0.351 e. The monoisotopic (exact) mass is 361 g/mol. The number of imidazole rings is 2. The van der Waals surface area contributed by atoms with E-state index in [0.717, 1.165) is 6.07 Å². The van der Waals surface area contributed by atoms with Crippen LogP contribution in [-0.4, -0.2) is 38.8 Å². The number of hydrogen-bond donors (Lipinski definition) is 2. The van der Waals surface area contributed by atoms with Gasteiger partial charge < -0.3 is 10.3 Å². The van der Waals surface area contributed by atoms with Gasteiger partial charge in [0.15, 0.2) is 0 Å². The van der Waals surface area contributed by atoms with Crippen LogP contribution < -0.4 is 5.32 Å². The number of benzene rings is 1. The summed E-state index contributed by atoms with van der Waals surface area (Å²) in [6.45, 7) is 0. The van der Waals surface area contributed by atoms with Gasteiger partial charge in [0.25, 0.3) is 15.7 Å². The zero-order valence-electron chi connectivity index (χ0n) is 12.5. The van der Waals surface area contributed by atoms with E-state index in [4.69, 9.17) is 0 Å². The SMILES string of the molecule is O=[N+]([O-])c1ccc2c(c1)S(=O)(=O)N=C(n1ccnc1)N2.c1c[nH]cn1. The Bertz CT molecular complexity index is 994. The van der Waals surface area contributed by atoms with Crippen molar-refractivity contribution in [2.24, 2.45) is 4.40 Å². The Labute approximate surface area is 141 Å². The molecular weight excluding hydrogens is 350 g/mol. The highest BCUT2D eigenvalue weighted by atomic mass is 32.2. The maximum atomic E-state index is 12.1. The number of aromatic nitrogens is 4. The molecule has 1 aromatic carbocycles. The molecule has 1 aliphatic heterocycles. The molecule has 0 atom stereocenters. The van der Waals surface area contributed by atoms with E-state index in [1.165, 1.54) is 35.4 Å². The summed E-state index contributed by atoms with van der Waals surface area (Å²) in [6, 6.07) is 3.53. The lowest BCUT2D eigenvalue weighted by Gasteiger charge is -2.17. The minimum Gasteiger partial charge on any atom is -0.351 e. The van der Waals surface area contributed by atoms with Crippen molar-refractivity contribution in [3.05, 3.63) is 65.8 Å². The number of nitro benzene ring substituents is 1. The highest BCUT2D eigenvalue weighted by Gasteiger charge is 2.27. The summed E-state index contributed by atoms with van der Waals surface area (Å²) in [6.07, 6.45) is 9.47. The molecule has 11 nitrogen and oxygen atoms in total. The Morgan fingerprint density at radius 2 is 2.04 bits per heavy atom. The van der Waals surface area contributed by atoms with E-state index in [9.17, 15) is 18.5 Å². The third kappa shape index (κ3) is 3.53. The molecule has 2 N–H and O–H groups in total. The summed E-state index contributed by atoms with van der Waals surface area (Å²) >= 11 is 0. The van der Waals surface area contributed by atoms with Crippen molar-refractivity contribution < 1.29 is 13.3 Å². The van der Waals surface area contributed by atoms with Crippen molar-refractivity contribution in [2.45, 2.75) is 4.90 Å². The fraction of sp³-hybridized carbons (Fsp3) is 0. The van der Waals surface area contributed by atoms with E-state index in [2.05, 4.69) is 24.7 Å². The fourth-order valence-corrected chi connectivity index (χ4v) is 3.09. The molecule has 3 aromatic rings. The van der Waals surface area contributed by atoms with Crippen LogP contribution in [0, 0.1) is 10.1 Å². The predicted octanol–water partition coefficient (Wildman–Crippen LogP) is 1.22. The Kier molecular flexibility index (Phi) is 4.26. The van der Waals surface area contributed by atoms with E-state index >= 15 is 0 Å². The third-order valence-electron chi connectivity index (χ3n) is 3.06. The second kappa shape index (κ2) is 6.52. The van der Waals surface area contributed by atoms with E-state index in [1.807, 2.05) is 0 Å². The molecule has 0 saturated carbocycles. The van der Waals surface area contributed by atoms with Crippen LogP contribution in [0.5, 0.6) is 0 Å². The maximum absolute atomic E-state index is 12.1. The van der Waals surface area contributed by atoms with Crippen LogP contribution in [0.3, 0.4) is 0 Å². The van der Waals surface area contributed by atoms with Crippen molar-refractivity contribution >= 4 is 27.4 Å². The van der Waals surface area contributed by atoms with E-state index in [0.29, 0.717) is 0 Å². The molecule has 4 rings (SSSR count). The summed E-state index contributed by atoms with van der Waals surface area (Å²) in [4.78, 5) is 20.0. The van der Waals surface area contributed by atoms with Crippen LogP contribution in [-0.2, 0) is 10.0 Å². The average Bonchev–Trinajstić information content (AvgIpc) is 3.30. The molecule has 0 saturated heterocycles. The number of non-ortho nitro benzene ring substituents is 1. The van der Waals surface area contributed by atoms with Gasteiger partial charge in [0, 0.05) is 36.9 Å². The minimum atomic E-state index is -4.00. The average molecular weight is 361 g/mol. The molecule has 0 fully saturated rings. The Morgan fingerprint density at radius 3 is 2.60 bits per heavy atom. The molecule has 3 heterocycles. The number of hydrogen-bond acceptors (Lipinski definition) is 7. The first-order chi connectivity index (χ1) is 12.0. The van der Waals surface area contributed by atoms with E-state index < -0.39 is 14.9 Å². The fourth-order valence-electron chi connectivity index (χ4n) is 1.96. The van der Waals surface area contributed by atoms with Crippen molar-refractivity contribution in [1.29, 1.82) is 0 Å². The number of nitrogens with one attached hydrogen (secondary N) is 2. The van der Waals surface area contributed by atoms with Crippen LogP contribution >= 0.6 is 0 Å². The summed E-state index contributed by atoms with van der Waals surface area (Å²) < 4.78 is 29.1. The maximum Gasteiger partial charge on any atom is 0.287 e. The van der Waals surface area contributed by atoms with Gasteiger partial charge in [-0.25, -0.2) is 9.97 Å². The Hall–Kier alpha value is -3.54. The van der Waals surface area contributed by atoms with Gasteiger partial charge >= 0.3 is 0 Å². The summed E-state index contributed by atoms with van der Waals surface area (Å²) in [5.74, 6) is 0.0591. The van der Waals surface area contributed by atoms with Gasteiger partial charge in [0.1, 0.15) is 11.2 Å². The first kappa shape index (κ1) is 16.3. The van der Waals surface area contributed by atoms with Crippen molar-refractivity contribution in [3.8, 4) is 0 Å². The van der Waals surface area contributed by atoms with Crippen LogP contribution in [0.1, 0.15) is 0 Å². The molecule has 1 aliphatic rings. The molecule has 0 aliphatic carbocycles. The lowest BCUT2D eigenvalue weighted by Crippen LogP contribution is -2.27. The molecule has 12 heteroatoms. The zero-order chi connectivity index (χ0) is 17.9. The number of H-pyrrole nitrogens is 1. The third-order valence-corrected chi connectivity index (χ3v) is 4.37. The lowest BCUT2D eigenvalue weighted by molar-refractivity contribution is -0.385. The second-order valence-electron chi connectivity index (χ2n) is 4.68. The molecule has 0 radical (unpaired) electrons. The van der Waals surface area contributed by atoms with Gasteiger partial charge in [-0.15, -0.1) is 4.40 Å². The molecule has 0 unspecified atom stereocenters. The van der Waals surface area contributed by atoms with Crippen LogP contribution in [0.15, 0.2) is 64.9 Å². The molecule has 0 amide bonds. The topological polar surface area (TPSA) is 148 Å². The van der Waals surface area contributed by atoms with Gasteiger partial charge in [-0.05, 0) is 6.07 Å². The van der Waals surface area contributed by atoms with Crippen LogP contribution in [0.4, 0.5) is 11.4 Å². The summed E-state index contributed by atoms with van der Waals surface area (Å²) in [7, 11) is -4.00. The van der Waals surface area contributed by atoms with Crippen molar-refractivity contribution in [1.82, 2.24) is 19.5 Å². The van der Waals surface area contributed by atoms with Crippen LogP contribution in [0.25, 0.3) is 0 Å². The summed E-state index contributed by atoms with van der Waals surface area (Å²) in [5.41, 5.74) is -0.0790. The quantitative estimate of drug-likeness (QED) is 0.489. The summed E-state index contributed by atoms with van der Waals surface area (Å²) in [5, 5.41) is 13.5. The molecular formula is C13H11N7O4S. The molecule has 25 heavy (non-hydrogen) atoms. The normalized spacial score (nSPS) is 14.3.